The van der Waals surface area contributed by atoms with E-state index in [1.807, 2.05) is 18.2 Å². The van der Waals surface area contributed by atoms with Gasteiger partial charge in [0.2, 0.25) is 0 Å². The summed E-state index contributed by atoms with van der Waals surface area (Å²) in [4.78, 5) is 25.9. The van der Waals surface area contributed by atoms with Gasteiger partial charge in [-0.25, -0.2) is 4.79 Å². The Kier molecular flexibility index (Phi) is 5.51. The summed E-state index contributed by atoms with van der Waals surface area (Å²) in [6.07, 6.45) is 2.84. The minimum Gasteiger partial charge on any atom is -0.452 e. The summed E-state index contributed by atoms with van der Waals surface area (Å²) in [7, 11) is 0. The average Bonchev–Trinajstić information content (AvgIpc) is 2.66. The molecule has 0 unspecified atom stereocenters. The molecular formula is C20H18ClNO3. The predicted molar refractivity (Wildman–Crippen MR) is 97.4 cm³/mol. The van der Waals surface area contributed by atoms with Gasteiger partial charge in [-0.15, -0.1) is 0 Å². The van der Waals surface area contributed by atoms with Gasteiger partial charge in [0.05, 0.1) is 5.56 Å². The van der Waals surface area contributed by atoms with Crippen molar-refractivity contribution in [1.82, 2.24) is 4.90 Å². The maximum Gasteiger partial charge on any atom is 0.338 e. The SMILES string of the molecule is O=C(OCC(=O)N1CC=C(c2ccccc2)CC1)c1cccc(Cl)c1. The predicted octanol–water partition coefficient (Wildman–Crippen LogP) is 3.81. The van der Waals surface area contributed by atoms with E-state index in [1.54, 1.807) is 23.1 Å². The molecule has 5 heteroatoms. The van der Waals surface area contributed by atoms with Gasteiger partial charge in [0.1, 0.15) is 0 Å². The Balaban J connectivity index is 1.53. The Labute approximate surface area is 151 Å². The molecule has 0 fully saturated rings. The van der Waals surface area contributed by atoms with Gasteiger partial charge in [-0.05, 0) is 35.8 Å². The van der Waals surface area contributed by atoms with Crippen LogP contribution in [0, 0.1) is 0 Å². The molecule has 0 saturated heterocycles. The number of carbonyl (C=O) groups excluding carboxylic acids is 2. The van der Waals surface area contributed by atoms with Crippen LogP contribution in [-0.4, -0.2) is 36.5 Å². The van der Waals surface area contributed by atoms with Gasteiger partial charge in [-0.3, -0.25) is 4.79 Å². The van der Waals surface area contributed by atoms with Crippen LogP contribution in [0.4, 0.5) is 0 Å². The van der Waals surface area contributed by atoms with Crippen molar-refractivity contribution in [2.45, 2.75) is 6.42 Å². The fourth-order valence-electron chi connectivity index (χ4n) is 2.73. The van der Waals surface area contributed by atoms with Crippen LogP contribution in [0.3, 0.4) is 0 Å². The van der Waals surface area contributed by atoms with Crippen LogP contribution < -0.4 is 0 Å². The maximum atomic E-state index is 12.2. The van der Waals surface area contributed by atoms with Gasteiger partial charge >= 0.3 is 5.97 Å². The molecule has 0 radical (unpaired) electrons. The zero-order valence-corrected chi connectivity index (χ0v) is 14.4. The van der Waals surface area contributed by atoms with E-state index in [0.717, 1.165) is 6.42 Å². The second-order valence-corrected chi connectivity index (χ2v) is 6.21. The lowest BCUT2D eigenvalue weighted by atomic mass is 10.00. The first-order chi connectivity index (χ1) is 12.1. The summed E-state index contributed by atoms with van der Waals surface area (Å²) >= 11 is 5.85. The van der Waals surface area contributed by atoms with Crippen LogP contribution in [0.25, 0.3) is 5.57 Å². The van der Waals surface area contributed by atoms with Crippen LogP contribution in [0.15, 0.2) is 60.7 Å². The highest BCUT2D eigenvalue weighted by Crippen LogP contribution is 2.22. The third-order valence-corrected chi connectivity index (χ3v) is 4.33. The highest BCUT2D eigenvalue weighted by atomic mass is 35.5. The number of nitrogens with zero attached hydrogens (tertiary/aromatic N) is 1. The smallest absolute Gasteiger partial charge is 0.338 e. The van der Waals surface area contributed by atoms with Crippen molar-refractivity contribution in [3.63, 3.8) is 0 Å². The largest absolute Gasteiger partial charge is 0.452 e. The molecule has 128 valence electrons. The average molecular weight is 356 g/mol. The van der Waals surface area contributed by atoms with Gasteiger partial charge < -0.3 is 9.64 Å². The van der Waals surface area contributed by atoms with Gasteiger partial charge in [0.15, 0.2) is 6.61 Å². The number of ether oxygens (including phenoxy) is 1. The van der Waals surface area contributed by atoms with E-state index in [2.05, 4.69) is 18.2 Å². The molecule has 2 aromatic rings. The number of amides is 1. The van der Waals surface area contributed by atoms with E-state index in [0.29, 0.717) is 23.7 Å². The molecule has 0 aromatic heterocycles. The number of carbonyl (C=O) groups is 2. The zero-order valence-electron chi connectivity index (χ0n) is 13.7. The number of hydrogen-bond donors (Lipinski definition) is 0. The first-order valence-corrected chi connectivity index (χ1v) is 8.46. The maximum absolute atomic E-state index is 12.2. The number of halogens is 1. The summed E-state index contributed by atoms with van der Waals surface area (Å²) in [5.41, 5.74) is 2.76. The minimum absolute atomic E-state index is 0.196. The van der Waals surface area contributed by atoms with Crippen molar-refractivity contribution in [2.75, 3.05) is 19.7 Å². The molecule has 0 spiro atoms. The van der Waals surface area contributed by atoms with E-state index in [9.17, 15) is 9.59 Å². The van der Waals surface area contributed by atoms with E-state index >= 15 is 0 Å². The fraction of sp³-hybridized carbons (Fsp3) is 0.200. The molecule has 25 heavy (non-hydrogen) atoms. The van der Waals surface area contributed by atoms with Crippen molar-refractivity contribution in [1.29, 1.82) is 0 Å². The van der Waals surface area contributed by atoms with Crippen molar-refractivity contribution < 1.29 is 14.3 Å². The van der Waals surface area contributed by atoms with Crippen LogP contribution in [0.1, 0.15) is 22.3 Å². The third-order valence-electron chi connectivity index (χ3n) is 4.09. The summed E-state index contributed by atoms with van der Waals surface area (Å²) < 4.78 is 5.10. The second kappa shape index (κ2) is 7.99. The molecule has 1 aliphatic rings. The molecule has 3 rings (SSSR count). The normalized spacial score (nSPS) is 14.0. The Bertz CT molecular complexity index is 802. The molecular weight excluding hydrogens is 338 g/mol. The van der Waals surface area contributed by atoms with Crippen LogP contribution in [-0.2, 0) is 9.53 Å². The van der Waals surface area contributed by atoms with Gasteiger partial charge in [-0.1, -0.05) is 54.1 Å². The molecule has 2 aromatic carbocycles. The molecule has 1 aliphatic heterocycles. The van der Waals surface area contributed by atoms with Crippen molar-refractivity contribution in [3.8, 4) is 0 Å². The first kappa shape index (κ1) is 17.2. The molecule has 0 N–H and O–H groups in total. The molecule has 1 amide bonds. The number of hydrogen-bond acceptors (Lipinski definition) is 3. The van der Waals surface area contributed by atoms with E-state index in [-0.39, 0.29) is 12.5 Å². The fourth-order valence-corrected chi connectivity index (χ4v) is 2.92. The van der Waals surface area contributed by atoms with Crippen LogP contribution >= 0.6 is 11.6 Å². The van der Waals surface area contributed by atoms with Crippen molar-refractivity contribution in [3.05, 3.63) is 76.8 Å². The van der Waals surface area contributed by atoms with E-state index in [1.165, 1.54) is 17.2 Å². The molecule has 0 aliphatic carbocycles. The third kappa shape index (κ3) is 4.48. The zero-order chi connectivity index (χ0) is 17.6. The molecule has 0 saturated carbocycles. The Hall–Kier alpha value is -2.59. The van der Waals surface area contributed by atoms with E-state index in [4.69, 9.17) is 16.3 Å². The summed E-state index contributed by atoms with van der Waals surface area (Å²) in [6.45, 7) is 0.881. The first-order valence-electron chi connectivity index (χ1n) is 8.08. The topological polar surface area (TPSA) is 46.6 Å². The highest BCUT2D eigenvalue weighted by Gasteiger charge is 2.19. The number of benzene rings is 2. The highest BCUT2D eigenvalue weighted by molar-refractivity contribution is 6.30. The molecule has 4 nitrogen and oxygen atoms in total. The summed E-state index contributed by atoms with van der Waals surface area (Å²) in [5, 5.41) is 0.454. The molecule has 1 heterocycles. The lowest BCUT2D eigenvalue weighted by Gasteiger charge is -2.26. The Morgan fingerprint density at radius 1 is 1.08 bits per heavy atom. The number of rotatable bonds is 4. The van der Waals surface area contributed by atoms with E-state index < -0.39 is 5.97 Å². The molecule has 0 bridgehead atoms. The quantitative estimate of drug-likeness (QED) is 0.783. The van der Waals surface area contributed by atoms with Gasteiger partial charge in [0, 0.05) is 18.1 Å². The second-order valence-electron chi connectivity index (χ2n) is 5.77. The Morgan fingerprint density at radius 2 is 1.88 bits per heavy atom. The minimum atomic E-state index is -0.548. The van der Waals surface area contributed by atoms with Crippen LogP contribution in [0.5, 0.6) is 0 Å². The van der Waals surface area contributed by atoms with Gasteiger partial charge in [0.25, 0.3) is 5.91 Å². The number of esters is 1. The lowest BCUT2D eigenvalue weighted by molar-refractivity contribution is -0.134. The Morgan fingerprint density at radius 3 is 2.56 bits per heavy atom. The van der Waals surface area contributed by atoms with Gasteiger partial charge in [-0.2, -0.15) is 0 Å². The van der Waals surface area contributed by atoms with Crippen molar-refractivity contribution in [2.24, 2.45) is 0 Å². The summed E-state index contributed by atoms with van der Waals surface area (Å²) in [6, 6.07) is 16.6. The summed E-state index contributed by atoms with van der Waals surface area (Å²) in [5.74, 6) is -0.743. The lowest BCUT2D eigenvalue weighted by Crippen LogP contribution is -2.37. The standard InChI is InChI=1S/C20H18ClNO3/c21-18-8-4-7-17(13-18)20(24)25-14-19(23)22-11-9-16(10-12-22)15-5-2-1-3-6-15/h1-9,13H,10-12,14H2. The molecule has 0 atom stereocenters. The monoisotopic (exact) mass is 355 g/mol. The van der Waals surface area contributed by atoms with Crippen LogP contribution in [0.2, 0.25) is 5.02 Å². The van der Waals surface area contributed by atoms with Crippen molar-refractivity contribution >= 4 is 29.1 Å².